The van der Waals surface area contributed by atoms with Gasteiger partial charge in [-0.15, -0.1) is 0 Å². The highest BCUT2D eigenvalue weighted by Crippen LogP contribution is 2.32. The molecule has 0 spiro atoms. The van der Waals surface area contributed by atoms with Crippen LogP contribution in [0.5, 0.6) is 0 Å². The molecule has 19 heavy (non-hydrogen) atoms. The van der Waals surface area contributed by atoms with Crippen LogP contribution in [0, 0.1) is 11.3 Å². The molecule has 0 amide bonds. The Morgan fingerprint density at radius 1 is 1.26 bits per heavy atom. The highest BCUT2D eigenvalue weighted by atomic mass is 32.2. The fraction of sp³-hybridized carbons (Fsp3) is 0.909. The van der Waals surface area contributed by atoms with Crippen molar-refractivity contribution in [3.05, 3.63) is 0 Å². The van der Waals surface area contributed by atoms with Crippen molar-refractivity contribution in [3.63, 3.8) is 0 Å². The first-order chi connectivity index (χ1) is 8.31. The van der Waals surface area contributed by atoms with Gasteiger partial charge in [-0.2, -0.15) is 18.4 Å². The number of hydrogen-bond donors (Lipinski definition) is 1. The van der Waals surface area contributed by atoms with E-state index in [2.05, 4.69) is 4.72 Å². The maximum Gasteiger partial charge on any atom is 0.416 e. The van der Waals surface area contributed by atoms with Crippen molar-refractivity contribution in [2.75, 3.05) is 6.61 Å². The summed E-state index contributed by atoms with van der Waals surface area (Å²) in [4.78, 5) is 0. The van der Waals surface area contributed by atoms with Crippen LogP contribution < -0.4 is 4.72 Å². The summed E-state index contributed by atoms with van der Waals surface area (Å²) in [7, 11) is -1.55. The number of hydrogen-bond acceptors (Lipinski definition) is 3. The maximum atomic E-state index is 12.6. The Hall–Kier alpha value is -0.650. The molecule has 0 heterocycles. The second-order valence-electron chi connectivity index (χ2n) is 5.50. The molecule has 0 aliphatic rings. The van der Waals surface area contributed by atoms with Crippen LogP contribution in [0.15, 0.2) is 0 Å². The summed E-state index contributed by atoms with van der Waals surface area (Å²) in [6, 6.07) is 0.665. The number of ether oxygens (including phenoxy) is 1. The molecule has 0 radical (unpaired) electrons. The fourth-order valence-electron chi connectivity index (χ4n) is 0.777. The van der Waals surface area contributed by atoms with Crippen LogP contribution in [0.4, 0.5) is 13.2 Å². The van der Waals surface area contributed by atoms with Crippen LogP contribution in [0.3, 0.4) is 0 Å². The Labute approximate surface area is 113 Å². The Balaban J connectivity index is 4.55. The molecule has 0 saturated carbocycles. The van der Waals surface area contributed by atoms with Crippen LogP contribution in [0.2, 0.25) is 0 Å². The number of nitrogens with zero attached hydrogens (tertiary/aromatic N) is 1. The zero-order valence-corrected chi connectivity index (χ0v) is 12.4. The molecule has 112 valence electrons. The van der Waals surface area contributed by atoms with Crippen LogP contribution in [-0.4, -0.2) is 33.4 Å². The van der Waals surface area contributed by atoms with Crippen molar-refractivity contribution in [1.82, 2.24) is 4.72 Å². The summed E-state index contributed by atoms with van der Waals surface area (Å²) in [6.07, 6.45) is -4.53. The normalized spacial score (nSPS) is 16.8. The summed E-state index contributed by atoms with van der Waals surface area (Å²) in [5.74, 6) is 0. The minimum absolute atomic E-state index is 0.495. The first kappa shape index (κ1) is 18.4. The lowest BCUT2D eigenvalue weighted by molar-refractivity contribution is -0.263. The summed E-state index contributed by atoms with van der Waals surface area (Å²) < 4.78 is 55.9. The molecule has 0 fully saturated rings. The predicted octanol–water partition coefficient (Wildman–Crippen LogP) is 2.29. The fourth-order valence-corrected chi connectivity index (χ4v) is 1.51. The van der Waals surface area contributed by atoms with E-state index in [0.29, 0.717) is 0 Å². The predicted molar refractivity (Wildman–Crippen MR) is 66.5 cm³/mol. The van der Waals surface area contributed by atoms with E-state index < -0.39 is 40.2 Å². The molecule has 0 aromatic rings. The number of rotatable bonds is 5. The van der Waals surface area contributed by atoms with Gasteiger partial charge in [-0.1, -0.05) is 0 Å². The van der Waals surface area contributed by atoms with Crippen molar-refractivity contribution in [2.45, 2.75) is 57.2 Å². The van der Waals surface area contributed by atoms with Crippen LogP contribution >= 0.6 is 0 Å². The van der Waals surface area contributed by atoms with Gasteiger partial charge in [0.1, 0.15) is 6.04 Å². The van der Waals surface area contributed by atoms with Gasteiger partial charge in [0.05, 0.1) is 28.4 Å². The van der Waals surface area contributed by atoms with Crippen molar-refractivity contribution >= 4 is 11.0 Å². The minimum Gasteiger partial charge on any atom is -0.363 e. The van der Waals surface area contributed by atoms with Crippen molar-refractivity contribution < 1.29 is 22.1 Å². The Kier molecular flexibility index (Phi) is 5.99. The average molecular weight is 300 g/mol. The Bertz CT molecular complexity index is 370. The molecule has 8 heteroatoms. The second-order valence-corrected chi connectivity index (χ2v) is 7.50. The van der Waals surface area contributed by atoms with E-state index >= 15 is 0 Å². The van der Waals surface area contributed by atoms with Gasteiger partial charge in [0.25, 0.3) is 0 Å². The third-order valence-electron chi connectivity index (χ3n) is 2.25. The van der Waals surface area contributed by atoms with E-state index in [9.17, 15) is 17.4 Å². The summed E-state index contributed by atoms with van der Waals surface area (Å²) in [5.41, 5.74) is -2.35. The molecule has 0 bridgehead atoms. The molecular weight excluding hydrogens is 281 g/mol. The van der Waals surface area contributed by atoms with Gasteiger partial charge in [0.2, 0.25) is 0 Å². The van der Waals surface area contributed by atoms with Crippen molar-refractivity contribution in [3.8, 4) is 6.07 Å². The van der Waals surface area contributed by atoms with Crippen LogP contribution in [0.25, 0.3) is 0 Å². The number of halogens is 3. The lowest BCUT2D eigenvalue weighted by Crippen LogP contribution is -2.47. The van der Waals surface area contributed by atoms with Gasteiger partial charge in [0.15, 0.2) is 5.60 Å². The maximum absolute atomic E-state index is 12.6. The third kappa shape index (κ3) is 5.89. The summed E-state index contributed by atoms with van der Waals surface area (Å²) in [5, 5.41) is 8.83. The zero-order chi connectivity index (χ0) is 15.5. The molecule has 0 aliphatic heterocycles. The SMILES string of the molecule is CC(C)(C)[S@](=O)N[C@H](C#N)COC(C)(C)C(F)(F)F. The van der Waals surface area contributed by atoms with E-state index in [1.165, 1.54) is 0 Å². The average Bonchev–Trinajstić information content (AvgIpc) is 2.20. The summed E-state index contributed by atoms with van der Waals surface area (Å²) >= 11 is 0. The molecule has 0 aromatic heterocycles. The number of nitrogens with one attached hydrogen (secondary N) is 1. The summed E-state index contributed by atoms with van der Waals surface area (Å²) in [6.45, 7) is 6.32. The van der Waals surface area contributed by atoms with Gasteiger partial charge in [0, 0.05) is 0 Å². The molecule has 0 aromatic carbocycles. The third-order valence-corrected chi connectivity index (χ3v) is 3.87. The van der Waals surface area contributed by atoms with E-state index in [4.69, 9.17) is 10.00 Å². The lowest BCUT2D eigenvalue weighted by atomic mass is 10.1. The monoisotopic (exact) mass is 300 g/mol. The van der Waals surface area contributed by atoms with Gasteiger partial charge >= 0.3 is 6.18 Å². The standard InChI is InChI=1S/C11H19F3N2O2S/c1-9(2,3)19(17)16-8(6-15)7-18-10(4,5)11(12,13)14/h8,16H,7H2,1-5H3/t8-,19+/m1/s1. The minimum atomic E-state index is -4.53. The highest BCUT2D eigenvalue weighted by Gasteiger charge is 2.48. The number of alkyl halides is 3. The molecule has 2 atom stereocenters. The van der Waals surface area contributed by atoms with Crippen LogP contribution in [0.1, 0.15) is 34.6 Å². The molecule has 0 aliphatic carbocycles. The smallest absolute Gasteiger partial charge is 0.363 e. The zero-order valence-electron chi connectivity index (χ0n) is 11.6. The highest BCUT2D eigenvalue weighted by molar-refractivity contribution is 7.84. The van der Waals surface area contributed by atoms with Crippen molar-refractivity contribution in [2.24, 2.45) is 0 Å². The number of nitriles is 1. The Morgan fingerprint density at radius 2 is 1.74 bits per heavy atom. The molecule has 4 nitrogen and oxygen atoms in total. The van der Waals surface area contributed by atoms with Gasteiger partial charge in [-0.25, -0.2) is 8.93 Å². The Morgan fingerprint density at radius 3 is 2.05 bits per heavy atom. The quantitative estimate of drug-likeness (QED) is 0.847. The molecule has 0 unspecified atom stereocenters. The molecular formula is C11H19F3N2O2S. The van der Waals surface area contributed by atoms with Gasteiger partial charge < -0.3 is 4.74 Å². The van der Waals surface area contributed by atoms with E-state index in [-0.39, 0.29) is 0 Å². The largest absolute Gasteiger partial charge is 0.416 e. The van der Waals surface area contributed by atoms with E-state index in [0.717, 1.165) is 13.8 Å². The van der Waals surface area contributed by atoms with Gasteiger partial charge in [-0.3, -0.25) is 0 Å². The van der Waals surface area contributed by atoms with Gasteiger partial charge in [-0.05, 0) is 34.6 Å². The lowest BCUT2D eigenvalue weighted by Gasteiger charge is -2.29. The van der Waals surface area contributed by atoms with Crippen molar-refractivity contribution in [1.29, 1.82) is 5.26 Å². The second kappa shape index (κ2) is 6.20. The van der Waals surface area contributed by atoms with E-state index in [1.54, 1.807) is 26.8 Å². The first-order valence-corrected chi connectivity index (χ1v) is 6.74. The molecule has 0 rings (SSSR count). The molecule has 1 N–H and O–H groups in total. The van der Waals surface area contributed by atoms with Crippen LogP contribution in [-0.2, 0) is 15.7 Å². The molecule has 0 saturated heterocycles. The van der Waals surface area contributed by atoms with E-state index in [1.807, 2.05) is 0 Å². The topological polar surface area (TPSA) is 62.1 Å². The first-order valence-electron chi connectivity index (χ1n) is 5.59.